The molecular weight excluding hydrogens is 632 g/mol. The molecule has 1 heterocycles. The third-order valence-corrected chi connectivity index (χ3v) is 9.54. The van der Waals surface area contributed by atoms with Crippen LogP contribution in [0.15, 0.2) is 54.1 Å². The third kappa shape index (κ3) is 13.0. The van der Waals surface area contributed by atoms with E-state index in [9.17, 15) is 4.79 Å². The molecule has 0 bridgehead atoms. The fourth-order valence-electron chi connectivity index (χ4n) is 6.39. The van der Waals surface area contributed by atoms with Crippen LogP contribution in [0.25, 0.3) is 0 Å². The van der Waals surface area contributed by atoms with Gasteiger partial charge in [-0.25, -0.2) is 4.99 Å². The van der Waals surface area contributed by atoms with Crippen LogP contribution in [0.3, 0.4) is 0 Å². The Morgan fingerprint density at radius 1 is 0.891 bits per heavy atom. The fraction of sp³-hybridized carbons (Fsp3) is 0.610. The zero-order chi connectivity index (χ0) is 32.7. The zero-order valence-electron chi connectivity index (χ0n) is 30.2. The van der Waals surface area contributed by atoms with Gasteiger partial charge in [0.1, 0.15) is 12.3 Å². The van der Waals surface area contributed by atoms with Crippen LogP contribution in [0.2, 0.25) is 0 Å². The minimum atomic E-state index is -0.0204. The molecule has 0 fully saturated rings. The van der Waals surface area contributed by atoms with Crippen molar-refractivity contribution >= 4 is 17.8 Å². The Labute approximate surface area is 292 Å². The van der Waals surface area contributed by atoms with Crippen molar-refractivity contribution in [2.75, 3.05) is 18.1 Å². The highest BCUT2D eigenvalue weighted by molar-refractivity contribution is 5.91. The number of unbranched alkanes of at least 4 members (excludes halogenated alkanes) is 11. The summed E-state index contributed by atoms with van der Waals surface area (Å²) < 4.78 is 6.45. The number of benzene rings is 2. The first kappa shape index (κ1) is 39.8. The molecule has 0 radical (unpaired) electrons. The van der Waals surface area contributed by atoms with Crippen molar-refractivity contribution in [3.8, 4) is 5.75 Å². The molecule has 1 aliphatic rings. The molecule has 4 nitrogen and oxygen atoms in total. The summed E-state index contributed by atoms with van der Waals surface area (Å²) in [7, 11) is 0. The van der Waals surface area contributed by atoms with Gasteiger partial charge in [-0.15, -0.1) is 0 Å². The molecule has 0 saturated carbocycles. The summed E-state index contributed by atoms with van der Waals surface area (Å²) in [6.45, 7) is 17.4. The Bertz CT molecular complexity index is 1260. The van der Waals surface area contributed by atoms with Crippen LogP contribution in [0.4, 0.5) is 5.69 Å². The topological polar surface area (TPSA) is 43.5 Å². The molecule has 0 spiro atoms. The second-order valence-electron chi connectivity index (χ2n) is 14.7. The van der Waals surface area contributed by atoms with Crippen LogP contribution in [0.1, 0.15) is 142 Å². The molecule has 46 heavy (non-hydrogen) atoms. The summed E-state index contributed by atoms with van der Waals surface area (Å²) in [6, 6.07) is 15.0. The Balaban J connectivity index is 0.00000736. The summed E-state index contributed by atoms with van der Waals surface area (Å²) in [5.41, 5.74) is 5.91. The fourth-order valence-corrected chi connectivity index (χ4v) is 6.39. The molecule has 3 rings (SSSR count). The van der Waals surface area contributed by atoms with Crippen LogP contribution in [-0.4, -0.2) is 25.3 Å². The van der Waals surface area contributed by atoms with Crippen LogP contribution in [0.5, 0.6) is 5.75 Å². The van der Waals surface area contributed by atoms with Crippen LogP contribution < -0.4 is 31.6 Å². The normalized spacial score (nSPS) is 16.1. The van der Waals surface area contributed by atoms with Gasteiger partial charge < -0.3 is 26.6 Å². The first-order chi connectivity index (χ1) is 21.5. The average molecular weight is 696 g/mol. The van der Waals surface area contributed by atoms with E-state index in [1.165, 1.54) is 87.3 Å². The van der Waals surface area contributed by atoms with E-state index in [0.717, 1.165) is 43.0 Å². The van der Waals surface area contributed by atoms with Gasteiger partial charge in [0.05, 0.1) is 18.6 Å². The van der Waals surface area contributed by atoms with E-state index in [4.69, 9.17) is 4.74 Å². The lowest BCUT2D eigenvalue weighted by atomic mass is 9.76. The van der Waals surface area contributed by atoms with E-state index in [0.29, 0.717) is 6.54 Å². The molecule has 5 heteroatoms. The van der Waals surface area contributed by atoms with E-state index < -0.39 is 0 Å². The third-order valence-electron chi connectivity index (χ3n) is 9.54. The number of anilines is 1. The predicted octanol–water partition coefficient (Wildman–Crippen LogP) is 6.28. The molecule has 0 saturated heterocycles. The van der Waals surface area contributed by atoms with Crippen LogP contribution >= 0.6 is 0 Å². The predicted molar refractivity (Wildman–Crippen MR) is 192 cm³/mol. The number of hydrogen-bond donors (Lipinski definition) is 1. The van der Waals surface area contributed by atoms with Gasteiger partial charge in [0.15, 0.2) is 6.21 Å². The van der Waals surface area contributed by atoms with E-state index in [-0.39, 0.29) is 33.7 Å². The van der Waals surface area contributed by atoms with Crippen molar-refractivity contribution < 1.29 is 31.5 Å². The highest BCUT2D eigenvalue weighted by Gasteiger charge is 2.31. The Morgan fingerprint density at radius 2 is 1.52 bits per heavy atom. The maximum Gasteiger partial charge on any atom is 0.224 e. The number of carbonyl (C=O) groups excluding carboxylic acids is 1. The lowest BCUT2D eigenvalue weighted by Gasteiger charge is -2.29. The number of nitrogens with one attached hydrogen (secondary N) is 1. The summed E-state index contributed by atoms with van der Waals surface area (Å²) in [5.74, 6) is 0.999. The molecular formula is C41H63BrN2O2. The standard InChI is InChI=1S/C41H62N2O2.BrH/c1-8-9-10-11-12-13-14-15-16-17-18-19-27-45-39-29-36(23-24-38(39)40(4,5)6)31-43(34(3)44)37-22-20-21-35(28-37)30-41(7)32-42-26-25-33(41)2;/h20-26,28-29H,8-19,27,30-32H2,1-7H3;1H. The summed E-state index contributed by atoms with van der Waals surface area (Å²) >= 11 is 0. The molecule has 1 amide bonds. The van der Waals surface area contributed by atoms with Crippen molar-refractivity contribution in [2.45, 2.75) is 144 Å². The van der Waals surface area contributed by atoms with Crippen molar-refractivity contribution in [1.29, 1.82) is 0 Å². The van der Waals surface area contributed by atoms with Crippen molar-refractivity contribution in [3.05, 3.63) is 70.8 Å². The lowest BCUT2D eigenvalue weighted by molar-refractivity contribution is -0.469. The number of amides is 1. The van der Waals surface area contributed by atoms with Crippen LogP contribution in [-0.2, 0) is 23.2 Å². The largest absolute Gasteiger partial charge is 1.00 e. The SMILES string of the molecule is CCCCCCCCCCCCCCOc1cc(CN(C(C)=O)c2cccc(CC3(C)C[NH+]=CC=C3C)c2)ccc1C(C)(C)C.[Br-]. The highest BCUT2D eigenvalue weighted by Crippen LogP contribution is 2.34. The minimum absolute atomic E-state index is 0. The number of ether oxygens (including phenoxy) is 1. The van der Waals surface area contributed by atoms with E-state index in [1.807, 2.05) is 11.1 Å². The van der Waals surface area contributed by atoms with Crippen molar-refractivity contribution in [1.82, 2.24) is 0 Å². The van der Waals surface area contributed by atoms with E-state index in [1.54, 1.807) is 6.92 Å². The average Bonchev–Trinajstić information content (AvgIpc) is 2.99. The highest BCUT2D eigenvalue weighted by atomic mass is 79.9. The number of hydrogen-bond acceptors (Lipinski definition) is 2. The molecule has 256 valence electrons. The number of nitrogens with zero attached hydrogens (tertiary/aromatic N) is 1. The van der Waals surface area contributed by atoms with Crippen molar-refractivity contribution in [3.63, 3.8) is 0 Å². The van der Waals surface area contributed by atoms with Gasteiger partial charge in [-0.05, 0) is 67.0 Å². The Morgan fingerprint density at radius 3 is 2.11 bits per heavy atom. The van der Waals surface area contributed by atoms with Gasteiger partial charge in [-0.1, -0.05) is 128 Å². The van der Waals surface area contributed by atoms with Gasteiger partial charge in [0, 0.05) is 18.7 Å². The van der Waals surface area contributed by atoms with E-state index >= 15 is 0 Å². The van der Waals surface area contributed by atoms with Gasteiger partial charge >= 0.3 is 0 Å². The number of rotatable bonds is 19. The zero-order valence-corrected chi connectivity index (χ0v) is 31.7. The summed E-state index contributed by atoms with van der Waals surface area (Å²) in [6.07, 6.45) is 21.2. The molecule has 1 aliphatic heterocycles. The molecule has 2 aromatic carbocycles. The number of allylic oxidation sites excluding steroid dienone is 1. The van der Waals surface area contributed by atoms with Gasteiger partial charge in [-0.3, -0.25) is 4.79 Å². The second kappa shape index (κ2) is 20.1. The second-order valence-corrected chi connectivity index (χ2v) is 14.7. The van der Waals surface area contributed by atoms with Crippen molar-refractivity contribution in [2.24, 2.45) is 5.41 Å². The summed E-state index contributed by atoms with van der Waals surface area (Å²) in [4.78, 5) is 18.2. The van der Waals surface area contributed by atoms with Crippen LogP contribution in [0, 0.1) is 5.41 Å². The number of carbonyl (C=O) groups is 1. The maximum atomic E-state index is 13.0. The Hall–Kier alpha value is -2.40. The van der Waals surface area contributed by atoms with E-state index in [2.05, 4.69) is 95.1 Å². The van der Waals surface area contributed by atoms with Gasteiger partial charge in [-0.2, -0.15) is 0 Å². The van der Waals surface area contributed by atoms with Gasteiger partial charge in [0.2, 0.25) is 5.91 Å². The van der Waals surface area contributed by atoms with Gasteiger partial charge in [0.25, 0.3) is 0 Å². The molecule has 0 aromatic heterocycles. The molecule has 2 aromatic rings. The lowest BCUT2D eigenvalue weighted by Crippen LogP contribution is -3.00. The minimum Gasteiger partial charge on any atom is -1.00 e. The molecule has 1 atom stereocenters. The molecule has 0 aliphatic carbocycles. The smallest absolute Gasteiger partial charge is 0.224 e. The quantitative estimate of drug-likeness (QED) is 0.176. The molecule has 1 N–H and O–H groups in total. The first-order valence-electron chi connectivity index (χ1n) is 17.9. The monoisotopic (exact) mass is 694 g/mol. The number of halogens is 1. The first-order valence-corrected chi connectivity index (χ1v) is 17.9. The summed E-state index contributed by atoms with van der Waals surface area (Å²) in [5, 5.41) is 0. The Kier molecular flexibility index (Phi) is 17.4. The maximum absolute atomic E-state index is 13.0. The molecule has 1 unspecified atom stereocenters.